The third kappa shape index (κ3) is 6.96. The molecule has 0 aliphatic heterocycles. The van der Waals surface area contributed by atoms with Gasteiger partial charge in [-0.2, -0.15) is 0 Å². The fourth-order valence-electron chi connectivity index (χ4n) is 13.2. The molecule has 11 aromatic carbocycles. The minimum atomic E-state index is 0.528. The van der Waals surface area contributed by atoms with Crippen LogP contribution in [0.25, 0.3) is 172 Å². The summed E-state index contributed by atoms with van der Waals surface area (Å²) in [6.07, 6.45) is 8.81. The lowest BCUT2D eigenvalue weighted by Gasteiger charge is -2.22. The van der Waals surface area contributed by atoms with E-state index in [4.69, 9.17) is 28.2 Å². The second kappa shape index (κ2) is 17.7. The molecule has 0 bridgehead atoms. The lowest BCUT2D eigenvalue weighted by atomic mass is 9.90. The first-order valence-corrected chi connectivity index (χ1v) is 28.2. The van der Waals surface area contributed by atoms with E-state index in [0.29, 0.717) is 17.5 Å². The molecule has 18 rings (SSSR count). The highest BCUT2D eigenvalue weighted by Crippen LogP contribution is 2.47. The number of hydrogen-bond donors (Lipinski definition) is 0. The number of aromatic nitrogens is 5. The SMILES string of the molecule is C1=CC(c2cc(-c3nc(-c4ccc5c(c4)oc4ccccc45)nc(-c4ccc5c(c4)oc4ccccc45)n3)cc(-c3ccccc3)c2-n2c3ccccc3c3c4oc5cc6c7ccccc7n(-c7ccccc7)c6cc5c4ccc32)=CCC1. The summed E-state index contributed by atoms with van der Waals surface area (Å²) in [5.74, 6) is 1.59. The summed E-state index contributed by atoms with van der Waals surface area (Å²) in [6, 6.07) is 81.2. The molecule has 1 aliphatic rings. The Morgan fingerprint density at radius 1 is 0.325 bits per heavy atom. The molecule has 0 spiro atoms. The number of nitrogens with zero attached hydrogens (tertiary/aromatic N) is 5. The van der Waals surface area contributed by atoms with Crippen molar-refractivity contribution in [2.24, 2.45) is 0 Å². The molecule has 0 saturated heterocycles. The number of rotatable bonds is 7. The molecule has 0 N–H and O–H groups in total. The van der Waals surface area contributed by atoms with E-state index in [0.717, 1.165) is 167 Å². The van der Waals surface area contributed by atoms with Crippen LogP contribution in [0.1, 0.15) is 18.4 Å². The third-order valence-corrected chi connectivity index (χ3v) is 17.0. The molecule has 6 aromatic heterocycles. The molecule has 0 fully saturated rings. The molecule has 17 aromatic rings. The Morgan fingerprint density at radius 3 is 1.55 bits per heavy atom. The first-order valence-electron chi connectivity index (χ1n) is 28.2. The van der Waals surface area contributed by atoms with Gasteiger partial charge in [-0.15, -0.1) is 0 Å². The van der Waals surface area contributed by atoms with Crippen molar-refractivity contribution < 1.29 is 13.3 Å². The van der Waals surface area contributed by atoms with Crippen molar-refractivity contribution in [3.8, 4) is 56.7 Å². The second-order valence-electron chi connectivity index (χ2n) is 21.7. The fourth-order valence-corrected chi connectivity index (χ4v) is 13.2. The van der Waals surface area contributed by atoms with E-state index >= 15 is 0 Å². The summed E-state index contributed by atoms with van der Waals surface area (Å²) in [6.45, 7) is 0. The van der Waals surface area contributed by atoms with Crippen LogP contribution in [0.3, 0.4) is 0 Å². The number of benzene rings is 11. The van der Waals surface area contributed by atoms with Gasteiger partial charge in [-0.1, -0.05) is 152 Å². The van der Waals surface area contributed by atoms with Gasteiger partial charge in [-0.05, 0) is 121 Å². The van der Waals surface area contributed by atoms with Crippen molar-refractivity contribution in [2.75, 3.05) is 0 Å². The first kappa shape index (κ1) is 45.7. The normalized spacial score (nSPS) is 13.0. The number of allylic oxidation sites excluding steroid dienone is 4. The summed E-state index contributed by atoms with van der Waals surface area (Å²) in [4.78, 5) is 16.2. The van der Waals surface area contributed by atoms with Crippen molar-refractivity contribution in [1.29, 1.82) is 0 Å². The van der Waals surface area contributed by atoms with Gasteiger partial charge in [-0.3, -0.25) is 0 Å². The Balaban J connectivity index is 0.892. The van der Waals surface area contributed by atoms with Gasteiger partial charge in [-0.25, -0.2) is 15.0 Å². The Bertz CT molecular complexity index is 5500. The van der Waals surface area contributed by atoms with Crippen LogP contribution in [0.4, 0.5) is 0 Å². The molecule has 0 atom stereocenters. The van der Waals surface area contributed by atoms with Gasteiger partial charge in [0, 0.05) is 82.0 Å². The molecule has 0 amide bonds. The van der Waals surface area contributed by atoms with Crippen molar-refractivity contribution in [3.63, 3.8) is 0 Å². The maximum atomic E-state index is 7.23. The molecule has 1 aliphatic carbocycles. The topological polar surface area (TPSA) is 87.9 Å². The van der Waals surface area contributed by atoms with E-state index in [9.17, 15) is 0 Å². The van der Waals surface area contributed by atoms with E-state index in [-0.39, 0.29) is 0 Å². The average molecular weight is 1060 g/mol. The van der Waals surface area contributed by atoms with Crippen molar-refractivity contribution >= 4 is 115 Å². The molecule has 8 heteroatoms. The molecule has 6 heterocycles. The van der Waals surface area contributed by atoms with Crippen LogP contribution >= 0.6 is 0 Å². The standard InChI is InChI=1S/C75H45N5O3/c1-4-18-44(19-5-1)57-38-48(75-77-73(46-32-34-53-51-25-12-16-30-65(51)81-67(53)40-46)76-74(78-75)47-33-35-54-52-26-13-17-31-66(52)82-68(54)41-47)39-58(45-20-6-2-7-21-45)71(57)80-62-29-15-11-27-56(62)70-63(80)37-36-55-60-42-64-59(43-69(60)83-72(55)70)50-24-10-14-28-61(50)79(64)49-22-8-3-9-23-49/h1,3-6,8-43H,2,7H2. The molecule has 388 valence electrons. The smallest absolute Gasteiger partial charge is 0.164 e. The van der Waals surface area contributed by atoms with Crippen molar-refractivity contribution in [1.82, 2.24) is 24.1 Å². The number of furan rings is 3. The van der Waals surface area contributed by atoms with Gasteiger partial charge < -0.3 is 22.4 Å². The zero-order valence-corrected chi connectivity index (χ0v) is 44.5. The number of hydrogen-bond acceptors (Lipinski definition) is 6. The fraction of sp³-hybridized carbons (Fsp3) is 0.0267. The van der Waals surface area contributed by atoms with Gasteiger partial charge >= 0.3 is 0 Å². The molecule has 0 unspecified atom stereocenters. The lowest BCUT2D eigenvalue weighted by molar-refractivity contribution is 0.668. The van der Waals surface area contributed by atoms with Gasteiger partial charge in [0.25, 0.3) is 0 Å². The van der Waals surface area contributed by atoms with Crippen LogP contribution in [0.5, 0.6) is 0 Å². The van der Waals surface area contributed by atoms with E-state index < -0.39 is 0 Å². The van der Waals surface area contributed by atoms with Gasteiger partial charge in [0.1, 0.15) is 33.5 Å². The predicted octanol–water partition coefficient (Wildman–Crippen LogP) is 20.2. The average Bonchev–Trinajstić information content (AvgIpc) is 2.96. The summed E-state index contributed by atoms with van der Waals surface area (Å²) < 4.78 is 25.0. The minimum absolute atomic E-state index is 0.528. The Labute approximate surface area is 473 Å². The summed E-state index contributed by atoms with van der Waals surface area (Å²) in [5.41, 5.74) is 18.2. The van der Waals surface area contributed by atoms with Gasteiger partial charge in [0.05, 0.1) is 33.1 Å². The highest BCUT2D eigenvalue weighted by atomic mass is 16.3. The van der Waals surface area contributed by atoms with Gasteiger partial charge in [0.2, 0.25) is 0 Å². The van der Waals surface area contributed by atoms with Crippen LogP contribution in [-0.2, 0) is 0 Å². The molecule has 83 heavy (non-hydrogen) atoms. The quantitative estimate of drug-likeness (QED) is 0.158. The molecular weight excluding hydrogens is 1020 g/mol. The van der Waals surface area contributed by atoms with E-state index in [2.05, 4.69) is 221 Å². The number of fused-ring (bicyclic) bond motifs is 16. The van der Waals surface area contributed by atoms with Gasteiger partial charge in [0.15, 0.2) is 17.5 Å². The van der Waals surface area contributed by atoms with Crippen LogP contribution in [0.2, 0.25) is 0 Å². The van der Waals surface area contributed by atoms with Crippen LogP contribution in [-0.4, -0.2) is 24.1 Å². The first-order chi connectivity index (χ1) is 41.1. The predicted molar refractivity (Wildman–Crippen MR) is 338 cm³/mol. The Morgan fingerprint density at radius 2 is 0.880 bits per heavy atom. The zero-order valence-electron chi connectivity index (χ0n) is 44.5. The molecule has 8 nitrogen and oxygen atoms in total. The Hall–Kier alpha value is -11.1. The monoisotopic (exact) mass is 1060 g/mol. The number of para-hydroxylation sites is 5. The third-order valence-electron chi connectivity index (χ3n) is 17.0. The molecule has 0 radical (unpaired) electrons. The molecular formula is C75H45N5O3. The largest absolute Gasteiger partial charge is 0.456 e. The van der Waals surface area contributed by atoms with E-state index in [1.54, 1.807) is 0 Å². The highest BCUT2D eigenvalue weighted by molar-refractivity contribution is 6.26. The van der Waals surface area contributed by atoms with E-state index in [1.165, 1.54) is 5.39 Å². The second-order valence-corrected chi connectivity index (χ2v) is 21.7. The van der Waals surface area contributed by atoms with Crippen LogP contribution in [0, 0.1) is 0 Å². The Kier molecular flexibility index (Phi) is 9.76. The maximum absolute atomic E-state index is 7.23. The summed E-state index contributed by atoms with van der Waals surface area (Å²) in [7, 11) is 0. The molecule has 0 saturated carbocycles. The van der Waals surface area contributed by atoms with Crippen molar-refractivity contribution in [2.45, 2.75) is 12.8 Å². The van der Waals surface area contributed by atoms with Crippen LogP contribution in [0.15, 0.2) is 262 Å². The lowest BCUT2D eigenvalue weighted by Crippen LogP contribution is -2.05. The summed E-state index contributed by atoms with van der Waals surface area (Å²) in [5, 5.41) is 10.8. The highest BCUT2D eigenvalue weighted by Gasteiger charge is 2.27. The zero-order chi connectivity index (χ0) is 54.3. The summed E-state index contributed by atoms with van der Waals surface area (Å²) >= 11 is 0. The van der Waals surface area contributed by atoms with E-state index in [1.807, 2.05) is 36.4 Å². The van der Waals surface area contributed by atoms with Crippen LogP contribution < -0.4 is 0 Å². The minimum Gasteiger partial charge on any atom is -0.456 e. The van der Waals surface area contributed by atoms with Crippen molar-refractivity contribution in [3.05, 3.63) is 254 Å². The maximum Gasteiger partial charge on any atom is 0.164 e.